The minimum absolute atomic E-state index is 0.279. The first-order chi connectivity index (χ1) is 8.72. The average molecular weight is 252 g/mol. The van der Waals surface area contributed by atoms with E-state index in [2.05, 4.69) is 4.98 Å². The summed E-state index contributed by atoms with van der Waals surface area (Å²) >= 11 is 0. The van der Waals surface area contributed by atoms with Crippen molar-refractivity contribution in [2.75, 3.05) is 18.5 Å². The quantitative estimate of drug-likeness (QED) is 0.895. The summed E-state index contributed by atoms with van der Waals surface area (Å²) in [5.74, 6) is 0.605. The van der Waals surface area contributed by atoms with Crippen LogP contribution in [0.25, 0.3) is 0 Å². The average Bonchev–Trinajstić information content (AvgIpc) is 2.40. The van der Waals surface area contributed by atoms with E-state index < -0.39 is 5.82 Å². The molecular formula is C14H21FN2O. The van der Waals surface area contributed by atoms with E-state index in [1.165, 1.54) is 38.2 Å². The van der Waals surface area contributed by atoms with Gasteiger partial charge in [0, 0.05) is 25.4 Å². The Hall–Kier alpha value is -1.16. The molecule has 0 unspecified atom stereocenters. The first-order valence-corrected chi connectivity index (χ1v) is 6.67. The number of hydrogen-bond acceptors (Lipinski definition) is 3. The van der Waals surface area contributed by atoms with Gasteiger partial charge < -0.3 is 10.0 Å². The lowest BCUT2D eigenvalue weighted by Crippen LogP contribution is -2.28. The minimum atomic E-state index is -0.390. The zero-order chi connectivity index (χ0) is 13.0. The highest BCUT2D eigenvalue weighted by atomic mass is 19.1. The maximum Gasteiger partial charge on any atom is 0.171 e. The van der Waals surface area contributed by atoms with Crippen LogP contribution in [0, 0.1) is 11.7 Å². The van der Waals surface area contributed by atoms with Crippen LogP contribution in [0.4, 0.5) is 10.2 Å². The van der Waals surface area contributed by atoms with Crippen molar-refractivity contribution in [3.8, 4) is 0 Å². The number of anilines is 1. The second-order valence-corrected chi connectivity index (χ2v) is 5.15. The molecule has 0 amide bonds. The van der Waals surface area contributed by atoms with Gasteiger partial charge in [0.15, 0.2) is 11.6 Å². The lowest BCUT2D eigenvalue weighted by molar-refractivity contribution is 0.275. The number of hydrogen-bond donors (Lipinski definition) is 1. The Labute approximate surface area is 108 Å². The Morgan fingerprint density at radius 3 is 2.78 bits per heavy atom. The monoisotopic (exact) mass is 252 g/mol. The van der Waals surface area contributed by atoms with E-state index in [9.17, 15) is 4.39 Å². The molecule has 1 aliphatic carbocycles. The summed E-state index contributed by atoms with van der Waals surface area (Å²) in [7, 11) is 1.88. The summed E-state index contributed by atoms with van der Waals surface area (Å²) in [5.41, 5.74) is 0.315. The molecule has 0 saturated heterocycles. The fourth-order valence-electron chi connectivity index (χ4n) is 2.70. The maximum atomic E-state index is 14.0. The van der Waals surface area contributed by atoms with Crippen molar-refractivity contribution in [2.24, 2.45) is 5.92 Å². The molecule has 100 valence electrons. The topological polar surface area (TPSA) is 36.4 Å². The van der Waals surface area contributed by atoms with Gasteiger partial charge in [-0.2, -0.15) is 0 Å². The Balaban J connectivity index is 2.05. The second-order valence-electron chi connectivity index (χ2n) is 5.15. The molecule has 3 nitrogen and oxygen atoms in total. The van der Waals surface area contributed by atoms with Crippen LogP contribution < -0.4 is 4.90 Å². The smallest absolute Gasteiger partial charge is 0.171 e. The van der Waals surface area contributed by atoms with Crippen LogP contribution in [-0.2, 0) is 6.61 Å². The van der Waals surface area contributed by atoms with E-state index in [1.807, 2.05) is 11.9 Å². The molecule has 4 heteroatoms. The van der Waals surface area contributed by atoms with Crippen molar-refractivity contribution < 1.29 is 9.50 Å². The van der Waals surface area contributed by atoms with Gasteiger partial charge in [0.2, 0.25) is 0 Å². The third kappa shape index (κ3) is 2.99. The molecule has 1 N–H and O–H groups in total. The standard InChI is InChI=1S/C14H21FN2O/c1-17(9-11-5-3-2-4-6-11)14-13(15)12(10-18)7-8-16-14/h7-8,11,18H,2-6,9-10H2,1H3. The fourth-order valence-corrected chi connectivity index (χ4v) is 2.70. The molecule has 0 spiro atoms. The van der Waals surface area contributed by atoms with Gasteiger partial charge in [-0.25, -0.2) is 9.37 Å². The summed E-state index contributed by atoms with van der Waals surface area (Å²) in [5, 5.41) is 9.06. The zero-order valence-corrected chi connectivity index (χ0v) is 10.9. The number of aliphatic hydroxyl groups is 1. The first-order valence-electron chi connectivity index (χ1n) is 6.67. The van der Waals surface area contributed by atoms with Gasteiger partial charge >= 0.3 is 0 Å². The molecule has 0 bridgehead atoms. The molecule has 0 aromatic carbocycles. The van der Waals surface area contributed by atoms with Crippen LogP contribution in [0.3, 0.4) is 0 Å². The van der Waals surface area contributed by atoms with Crippen LogP contribution in [0.15, 0.2) is 12.3 Å². The molecule has 1 fully saturated rings. The van der Waals surface area contributed by atoms with E-state index >= 15 is 0 Å². The molecule has 2 rings (SSSR count). The number of pyridine rings is 1. The molecule has 1 aromatic rings. The SMILES string of the molecule is CN(CC1CCCCC1)c1nccc(CO)c1F. The number of aliphatic hydroxyl groups excluding tert-OH is 1. The van der Waals surface area contributed by atoms with Gasteiger partial charge in [0.25, 0.3) is 0 Å². The summed E-state index contributed by atoms with van der Waals surface area (Å²) in [6, 6.07) is 1.52. The fraction of sp³-hybridized carbons (Fsp3) is 0.643. The van der Waals surface area contributed by atoms with Crippen molar-refractivity contribution in [1.29, 1.82) is 0 Å². The van der Waals surface area contributed by atoms with E-state index in [0.717, 1.165) is 6.54 Å². The van der Waals surface area contributed by atoms with Gasteiger partial charge in [-0.15, -0.1) is 0 Å². The second kappa shape index (κ2) is 6.14. The molecular weight excluding hydrogens is 231 g/mol. The highest BCUT2D eigenvalue weighted by molar-refractivity contribution is 5.42. The van der Waals surface area contributed by atoms with Crippen LogP contribution in [-0.4, -0.2) is 23.7 Å². The molecule has 0 aliphatic heterocycles. The van der Waals surface area contributed by atoms with E-state index in [1.54, 1.807) is 6.20 Å². The van der Waals surface area contributed by atoms with Crippen LogP contribution in [0.5, 0.6) is 0 Å². The Kier molecular flexibility index (Phi) is 4.53. The highest BCUT2D eigenvalue weighted by Crippen LogP contribution is 2.26. The van der Waals surface area contributed by atoms with Crippen LogP contribution in [0.2, 0.25) is 0 Å². The van der Waals surface area contributed by atoms with Crippen molar-refractivity contribution in [2.45, 2.75) is 38.7 Å². The number of rotatable bonds is 4. The lowest BCUT2D eigenvalue weighted by atomic mass is 9.89. The van der Waals surface area contributed by atoms with Crippen LogP contribution in [0.1, 0.15) is 37.7 Å². The Bertz CT molecular complexity index is 391. The molecule has 1 saturated carbocycles. The van der Waals surface area contributed by atoms with Gasteiger partial charge in [0.1, 0.15) is 0 Å². The maximum absolute atomic E-state index is 14.0. The number of halogens is 1. The van der Waals surface area contributed by atoms with Crippen LogP contribution >= 0.6 is 0 Å². The predicted molar refractivity (Wildman–Crippen MR) is 70.0 cm³/mol. The largest absolute Gasteiger partial charge is 0.392 e. The third-order valence-corrected chi connectivity index (χ3v) is 3.74. The Morgan fingerprint density at radius 2 is 2.11 bits per heavy atom. The Morgan fingerprint density at radius 1 is 1.39 bits per heavy atom. The lowest BCUT2D eigenvalue weighted by Gasteiger charge is -2.28. The van der Waals surface area contributed by atoms with Gasteiger partial charge in [0.05, 0.1) is 6.61 Å². The van der Waals surface area contributed by atoms with Crippen molar-refractivity contribution >= 4 is 5.82 Å². The van der Waals surface area contributed by atoms with Crippen molar-refractivity contribution in [3.05, 3.63) is 23.6 Å². The molecule has 0 radical (unpaired) electrons. The molecule has 1 aromatic heterocycles. The molecule has 18 heavy (non-hydrogen) atoms. The number of aromatic nitrogens is 1. The minimum Gasteiger partial charge on any atom is -0.392 e. The number of nitrogens with zero attached hydrogens (tertiary/aromatic N) is 2. The normalized spacial score (nSPS) is 16.8. The van der Waals surface area contributed by atoms with Gasteiger partial charge in [-0.3, -0.25) is 0 Å². The van der Waals surface area contributed by atoms with E-state index in [0.29, 0.717) is 17.3 Å². The first kappa shape index (κ1) is 13.3. The molecule has 0 atom stereocenters. The summed E-state index contributed by atoms with van der Waals surface area (Å²) in [6.07, 6.45) is 7.90. The third-order valence-electron chi connectivity index (χ3n) is 3.74. The van der Waals surface area contributed by atoms with Gasteiger partial charge in [-0.05, 0) is 24.8 Å². The van der Waals surface area contributed by atoms with E-state index in [-0.39, 0.29) is 6.61 Å². The summed E-state index contributed by atoms with van der Waals surface area (Å²) < 4.78 is 14.0. The predicted octanol–water partition coefficient (Wildman–Crippen LogP) is 2.73. The highest BCUT2D eigenvalue weighted by Gasteiger charge is 2.19. The summed E-state index contributed by atoms with van der Waals surface area (Å²) in [4.78, 5) is 5.97. The summed E-state index contributed by atoms with van der Waals surface area (Å²) in [6.45, 7) is 0.567. The zero-order valence-electron chi connectivity index (χ0n) is 10.9. The molecule has 1 aliphatic rings. The molecule has 1 heterocycles. The van der Waals surface area contributed by atoms with Crippen molar-refractivity contribution in [3.63, 3.8) is 0 Å². The van der Waals surface area contributed by atoms with Gasteiger partial charge in [-0.1, -0.05) is 19.3 Å². The van der Waals surface area contributed by atoms with Crippen molar-refractivity contribution in [1.82, 2.24) is 4.98 Å². The van der Waals surface area contributed by atoms with E-state index in [4.69, 9.17) is 5.11 Å².